The molecule has 27 heavy (non-hydrogen) atoms. The first-order valence-electron chi connectivity index (χ1n) is 8.80. The second-order valence-corrected chi connectivity index (χ2v) is 7.90. The SMILES string of the molecule is CN(C)c1ccccc1OP(Oc1ccccc1N(C)C)c1ccccc1. The molecular weight excluding hydrogens is 355 g/mol. The summed E-state index contributed by atoms with van der Waals surface area (Å²) in [6.07, 6.45) is 0. The van der Waals surface area contributed by atoms with Crippen molar-refractivity contribution in [1.29, 1.82) is 0 Å². The Morgan fingerprint density at radius 2 is 0.963 bits per heavy atom. The van der Waals surface area contributed by atoms with Crippen LogP contribution in [0.4, 0.5) is 11.4 Å². The van der Waals surface area contributed by atoms with Crippen LogP contribution in [0.1, 0.15) is 0 Å². The summed E-state index contributed by atoms with van der Waals surface area (Å²) in [6, 6.07) is 26.1. The Labute approximate surface area is 162 Å². The van der Waals surface area contributed by atoms with Crippen LogP contribution in [0.5, 0.6) is 11.5 Å². The molecule has 3 aromatic carbocycles. The van der Waals surface area contributed by atoms with Gasteiger partial charge in [-0.1, -0.05) is 42.5 Å². The van der Waals surface area contributed by atoms with Gasteiger partial charge in [-0.25, -0.2) is 0 Å². The summed E-state index contributed by atoms with van der Waals surface area (Å²) < 4.78 is 12.8. The number of hydrogen-bond donors (Lipinski definition) is 0. The van der Waals surface area contributed by atoms with Crippen LogP contribution in [0.2, 0.25) is 0 Å². The Morgan fingerprint density at radius 1 is 0.556 bits per heavy atom. The van der Waals surface area contributed by atoms with Gasteiger partial charge in [0.25, 0.3) is 0 Å². The minimum atomic E-state index is -1.34. The number of anilines is 2. The van der Waals surface area contributed by atoms with Crippen molar-refractivity contribution in [3.63, 3.8) is 0 Å². The third kappa shape index (κ3) is 4.72. The molecule has 0 aromatic heterocycles. The third-order valence-corrected chi connectivity index (χ3v) is 5.47. The van der Waals surface area contributed by atoms with Gasteiger partial charge in [0, 0.05) is 28.2 Å². The largest absolute Gasteiger partial charge is 0.433 e. The fourth-order valence-corrected chi connectivity index (χ4v) is 3.99. The standard InChI is InChI=1S/C22H25N2O2P/c1-23(2)19-14-8-10-16-21(19)25-27(18-12-6-5-7-13-18)26-22-17-11-9-15-20(22)24(3)4/h5-17H,1-4H3. The maximum absolute atomic E-state index is 6.41. The highest BCUT2D eigenvalue weighted by Gasteiger charge is 2.21. The smallest absolute Gasteiger partial charge is 0.326 e. The van der Waals surface area contributed by atoms with Crippen LogP contribution in [0.3, 0.4) is 0 Å². The van der Waals surface area contributed by atoms with Crippen molar-refractivity contribution in [3.05, 3.63) is 78.9 Å². The van der Waals surface area contributed by atoms with E-state index in [4.69, 9.17) is 9.05 Å². The average Bonchev–Trinajstić information content (AvgIpc) is 2.68. The van der Waals surface area contributed by atoms with Gasteiger partial charge in [0.1, 0.15) is 0 Å². The molecule has 0 heterocycles. The van der Waals surface area contributed by atoms with Gasteiger partial charge in [-0.2, -0.15) is 0 Å². The molecule has 3 aromatic rings. The lowest BCUT2D eigenvalue weighted by molar-refractivity contribution is 0.502. The van der Waals surface area contributed by atoms with Crippen molar-refractivity contribution in [2.45, 2.75) is 0 Å². The van der Waals surface area contributed by atoms with Gasteiger partial charge < -0.3 is 18.8 Å². The molecule has 0 N–H and O–H groups in total. The summed E-state index contributed by atoms with van der Waals surface area (Å²) in [5.74, 6) is 1.61. The number of nitrogens with zero attached hydrogens (tertiary/aromatic N) is 2. The van der Waals surface area contributed by atoms with E-state index in [9.17, 15) is 0 Å². The van der Waals surface area contributed by atoms with Crippen molar-refractivity contribution < 1.29 is 9.05 Å². The van der Waals surface area contributed by atoms with Gasteiger partial charge in [-0.05, 0) is 36.4 Å². The first-order chi connectivity index (χ1) is 13.1. The fourth-order valence-electron chi connectivity index (χ4n) is 2.66. The maximum Gasteiger partial charge on any atom is 0.326 e. The van der Waals surface area contributed by atoms with Gasteiger partial charge in [-0.15, -0.1) is 0 Å². The van der Waals surface area contributed by atoms with Gasteiger partial charge >= 0.3 is 8.38 Å². The van der Waals surface area contributed by atoms with Crippen LogP contribution in [-0.4, -0.2) is 28.2 Å². The first kappa shape index (κ1) is 19.1. The van der Waals surface area contributed by atoms with Crippen LogP contribution in [0.25, 0.3) is 0 Å². The molecule has 0 saturated heterocycles. The zero-order valence-electron chi connectivity index (χ0n) is 16.2. The van der Waals surface area contributed by atoms with Crippen molar-refractivity contribution in [3.8, 4) is 11.5 Å². The molecule has 0 aliphatic heterocycles. The number of benzene rings is 3. The second-order valence-electron chi connectivity index (χ2n) is 6.50. The predicted molar refractivity (Wildman–Crippen MR) is 116 cm³/mol. The Kier molecular flexibility index (Phi) is 6.20. The Morgan fingerprint density at radius 3 is 1.41 bits per heavy atom. The van der Waals surface area contributed by atoms with E-state index in [1.807, 2.05) is 117 Å². The van der Waals surface area contributed by atoms with Gasteiger partial charge in [0.05, 0.1) is 16.7 Å². The molecule has 5 heteroatoms. The summed E-state index contributed by atoms with van der Waals surface area (Å²) in [5.41, 5.74) is 2.04. The highest BCUT2D eigenvalue weighted by atomic mass is 31.2. The van der Waals surface area contributed by atoms with Crippen LogP contribution in [0.15, 0.2) is 78.9 Å². The minimum Gasteiger partial charge on any atom is -0.433 e. The normalized spacial score (nSPS) is 10.6. The monoisotopic (exact) mass is 380 g/mol. The summed E-state index contributed by atoms with van der Waals surface area (Å²) >= 11 is 0. The van der Waals surface area contributed by atoms with E-state index in [1.54, 1.807) is 0 Å². The average molecular weight is 380 g/mol. The lowest BCUT2D eigenvalue weighted by atomic mass is 10.3. The molecule has 0 aliphatic carbocycles. The molecule has 0 amide bonds. The van der Waals surface area contributed by atoms with E-state index in [2.05, 4.69) is 0 Å². The molecule has 0 fully saturated rings. The Balaban J connectivity index is 1.97. The van der Waals surface area contributed by atoms with Crippen molar-refractivity contribution in [2.75, 3.05) is 38.0 Å². The highest BCUT2D eigenvalue weighted by Crippen LogP contribution is 2.44. The number of para-hydroxylation sites is 4. The molecule has 0 unspecified atom stereocenters. The van der Waals surface area contributed by atoms with Crippen LogP contribution >= 0.6 is 8.38 Å². The molecule has 140 valence electrons. The topological polar surface area (TPSA) is 24.9 Å². The lowest BCUT2D eigenvalue weighted by Crippen LogP contribution is -2.15. The summed E-state index contributed by atoms with van der Waals surface area (Å²) in [7, 11) is 6.69. The summed E-state index contributed by atoms with van der Waals surface area (Å²) in [6.45, 7) is 0. The minimum absolute atomic E-state index is 0.805. The van der Waals surface area contributed by atoms with Crippen molar-refractivity contribution >= 4 is 25.1 Å². The third-order valence-electron chi connectivity index (χ3n) is 4.02. The van der Waals surface area contributed by atoms with Crippen LogP contribution in [-0.2, 0) is 0 Å². The molecular formula is C22H25N2O2P. The first-order valence-corrected chi connectivity index (χ1v) is 9.98. The molecule has 4 nitrogen and oxygen atoms in total. The van der Waals surface area contributed by atoms with E-state index >= 15 is 0 Å². The van der Waals surface area contributed by atoms with E-state index < -0.39 is 8.38 Å². The van der Waals surface area contributed by atoms with Crippen molar-refractivity contribution in [1.82, 2.24) is 0 Å². The molecule has 0 atom stereocenters. The fraction of sp³-hybridized carbons (Fsp3) is 0.182. The molecule has 0 saturated carbocycles. The van der Waals surface area contributed by atoms with Gasteiger partial charge in [-0.3, -0.25) is 0 Å². The highest BCUT2D eigenvalue weighted by molar-refractivity contribution is 7.56. The van der Waals surface area contributed by atoms with E-state index in [0.717, 1.165) is 28.2 Å². The number of rotatable bonds is 7. The van der Waals surface area contributed by atoms with Crippen LogP contribution in [0, 0.1) is 0 Å². The maximum atomic E-state index is 6.41. The summed E-state index contributed by atoms with van der Waals surface area (Å²) in [4.78, 5) is 4.09. The lowest BCUT2D eigenvalue weighted by Gasteiger charge is -2.24. The van der Waals surface area contributed by atoms with Gasteiger partial charge in [0.15, 0.2) is 11.5 Å². The quantitative estimate of drug-likeness (QED) is 0.544. The van der Waals surface area contributed by atoms with Crippen molar-refractivity contribution in [2.24, 2.45) is 0 Å². The zero-order chi connectivity index (χ0) is 19.2. The number of hydrogen-bond acceptors (Lipinski definition) is 4. The molecule has 3 rings (SSSR count). The zero-order valence-corrected chi connectivity index (χ0v) is 17.1. The second kappa shape index (κ2) is 8.79. The predicted octanol–water partition coefficient (Wildman–Crippen LogP) is 4.91. The molecule has 0 bridgehead atoms. The van der Waals surface area contributed by atoms with E-state index in [1.165, 1.54) is 0 Å². The molecule has 0 aliphatic rings. The van der Waals surface area contributed by atoms with E-state index in [0.29, 0.717) is 0 Å². The van der Waals surface area contributed by atoms with Gasteiger partial charge in [0.2, 0.25) is 0 Å². The van der Waals surface area contributed by atoms with Crippen LogP contribution < -0.4 is 24.2 Å². The van der Waals surface area contributed by atoms with E-state index in [-0.39, 0.29) is 0 Å². The molecule has 0 radical (unpaired) electrons. The Hall–Kier alpha value is -2.71. The summed E-state index contributed by atoms with van der Waals surface area (Å²) in [5, 5.41) is 1.02. The Bertz CT molecular complexity index is 815. The molecule has 0 spiro atoms.